The van der Waals surface area contributed by atoms with Crippen LogP contribution < -0.4 is 10.2 Å². The highest BCUT2D eigenvalue weighted by Crippen LogP contribution is 2.17. The Hall–Kier alpha value is -1.41. The molecule has 0 radical (unpaired) electrons. The Labute approximate surface area is 151 Å². The lowest BCUT2D eigenvalue weighted by Gasteiger charge is -2.12. The molecule has 2 aromatic rings. The summed E-state index contributed by atoms with van der Waals surface area (Å²) in [5.74, 6) is 0.331. The summed E-state index contributed by atoms with van der Waals surface area (Å²) in [7, 11) is 0. The standard InChI is InChI=1S/C16H14BrIN2O2/c1-11(22-15-7-5-13(17)6-8-15)16(21)20-19-10-12-3-2-4-14(18)9-12/h2-11H,1H3,(H,20,21)/b19-10+. The van der Waals surface area contributed by atoms with E-state index in [1.807, 2.05) is 36.4 Å². The smallest absolute Gasteiger partial charge is 0.280 e. The SMILES string of the molecule is CC(Oc1ccc(Br)cc1)C(=O)N/N=C/c1cccc(I)c1. The molecule has 0 aliphatic heterocycles. The van der Waals surface area contributed by atoms with Crippen LogP contribution in [0.1, 0.15) is 12.5 Å². The zero-order valence-corrected chi connectivity index (χ0v) is 15.5. The second-order valence-corrected chi connectivity index (χ2v) is 6.66. The number of halogens is 2. The maximum absolute atomic E-state index is 11.9. The van der Waals surface area contributed by atoms with Crippen LogP contribution in [-0.4, -0.2) is 18.2 Å². The molecule has 22 heavy (non-hydrogen) atoms. The molecule has 1 amide bonds. The lowest BCUT2D eigenvalue weighted by molar-refractivity contribution is -0.127. The molecule has 0 heterocycles. The van der Waals surface area contributed by atoms with Crippen molar-refractivity contribution in [2.75, 3.05) is 0 Å². The normalized spacial score (nSPS) is 12.1. The van der Waals surface area contributed by atoms with Crippen LogP contribution in [0.5, 0.6) is 5.75 Å². The Morgan fingerprint density at radius 3 is 2.73 bits per heavy atom. The molecule has 0 spiro atoms. The molecular formula is C16H14BrIN2O2. The molecular weight excluding hydrogens is 459 g/mol. The lowest BCUT2D eigenvalue weighted by atomic mass is 10.2. The first-order valence-electron chi connectivity index (χ1n) is 6.55. The van der Waals surface area contributed by atoms with Gasteiger partial charge in [-0.1, -0.05) is 28.1 Å². The Morgan fingerprint density at radius 2 is 2.05 bits per heavy atom. The average molecular weight is 473 g/mol. The number of rotatable bonds is 5. The number of ether oxygens (including phenoxy) is 1. The minimum Gasteiger partial charge on any atom is -0.481 e. The molecule has 0 aromatic heterocycles. The zero-order chi connectivity index (χ0) is 15.9. The number of carbonyl (C=O) groups is 1. The van der Waals surface area contributed by atoms with Gasteiger partial charge in [0.15, 0.2) is 6.10 Å². The van der Waals surface area contributed by atoms with Gasteiger partial charge in [-0.15, -0.1) is 0 Å². The number of nitrogens with one attached hydrogen (secondary N) is 1. The highest BCUT2D eigenvalue weighted by atomic mass is 127. The number of benzene rings is 2. The zero-order valence-electron chi connectivity index (χ0n) is 11.8. The second-order valence-electron chi connectivity index (χ2n) is 4.50. The fraction of sp³-hybridized carbons (Fsp3) is 0.125. The molecule has 114 valence electrons. The summed E-state index contributed by atoms with van der Waals surface area (Å²) >= 11 is 5.57. The van der Waals surface area contributed by atoms with E-state index in [9.17, 15) is 4.79 Å². The summed E-state index contributed by atoms with van der Waals surface area (Å²) in [5, 5.41) is 3.94. The predicted molar refractivity (Wildman–Crippen MR) is 99.1 cm³/mol. The van der Waals surface area contributed by atoms with Crippen LogP contribution in [-0.2, 0) is 4.79 Å². The van der Waals surface area contributed by atoms with E-state index >= 15 is 0 Å². The van der Waals surface area contributed by atoms with Gasteiger partial charge in [-0.05, 0) is 71.5 Å². The molecule has 0 aliphatic carbocycles. The maximum atomic E-state index is 11.9. The quantitative estimate of drug-likeness (QED) is 0.406. The molecule has 0 fully saturated rings. The molecule has 1 unspecified atom stereocenters. The monoisotopic (exact) mass is 472 g/mol. The van der Waals surface area contributed by atoms with Crippen LogP contribution in [0, 0.1) is 3.57 Å². The Kier molecular flexibility index (Phi) is 6.38. The third-order valence-corrected chi connectivity index (χ3v) is 3.93. The van der Waals surface area contributed by atoms with E-state index in [4.69, 9.17) is 4.74 Å². The Bertz CT molecular complexity index is 674. The van der Waals surface area contributed by atoms with Crippen molar-refractivity contribution in [3.8, 4) is 5.75 Å². The fourth-order valence-corrected chi connectivity index (χ4v) is 2.45. The van der Waals surface area contributed by atoms with Crippen LogP contribution in [0.3, 0.4) is 0 Å². The average Bonchev–Trinajstić information content (AvgIpc) is 2.49. The van der Waals surface area contributed by atoms with E-state index in [0.717, 1.165) is 13.6 Å². The first-order valence-corrected chi connectivity index (χ1v) is 8.42. The summed E-state index contributed by atoms with van der Waals surface area (Å²) < 4.78 is 7.61. The molecule has 1 N–H and O–H groups in total. The number of hydrogen-bond donors (Lipinski definition) is 1. The topological polar surface area (TPSA) is 50.7 Å². The highest BCUT2D eigenvalue weighted by molar-refractivity contribution is 14.1. The molecule has 0 aliphatic rings. The van der Waals surface area contributed by atoms with E-state index in [-0.39, 0.29) is 5.91 Å². The Morgan fingerprint density at radius 1 is 1.32 bits per heavy atom. The lowest BCUT2D eigenvalue weighted by Crippen LogP contribution is -2.33. The van der Waals surface area contributed by atoms with Crippen LogP contribution in [0.25, 0.3) is 0 Å². The van der Waals surface area contributed by atoms with Gasteiger partial charge < -0.3 is 4.74 Å². The van der Waals surface area contributed by atoms with Crippen LogP contribution in [0.15, 0.2) is 58.1 Å². The number of nitrogens with zero attached hydrogens (tertiary/aromatic N) is 1. The summed E-state index contributed by atoms with van der Waals surface area (Å²) in [4.78, 5) is 11.9. The summed E-state index contributed by atoms with van der Waals surface area (Å²) in [6, 6.07) is 15.1. The van der Waals surface area contributed by atoms with E-state index < -0.39 is 6.10 Å². The van der Waals surface area contributed by atoms with E-state index in [0.29, 0.717) is 5.75 Å². The summed E-state index contributed by atoms with van der Waals surface area (Å²) in [6.45, 7) is 1.68. The largest absolute Gasteiger partial charge is 0.481 e. The van der Waals surface area contributed by atoms with Crippen LogP contribution in [0.4, 0.5) is 0 Å². The van der Waals surface area contributed by atoms with Crippen molar-refractivity contribution < 1.29 is 9.53 Å². The maximum Gasteiger partial charge on any atom is 0.280 e. The summed E-state index contributed by atoms with van der Waals surface area (Å²) in [5.41, 5.74) is 3.40. The summed E-state index contributed by atoms with van der Waals surface area (Å²) in [6.07, 6.45) is 0.973. The molecule has 6 heteroatoms. The van der Waals surface area contributed by atoms with Gasteiger partial charge in [0.05, 0.1) is 6.21 Å². The first kappa shape index (κ1) is 17.0. The fourth-order valence-electron chi connectivity index (χ4n) is 1.62. The minimum atomic E-state index is -0.630. The second kappa shape index (κ2) is 8.28. The third-order valence-electron chi connectivity index (χ3n) is 2.73. The van der Waals surface area contributed by atoms with Crippen molar-refractivity contribution in [2.45, 2.75) is 13.0 Å². The van der Waals surface area contributed by atoms with Gasteiger partial charge in [0.2, 0.25) is 0 Å². The van der Waals surface area contributed by atoms with Gasteiger partial charge in [0.25, 0.3) is 5.91 Å². The van der Waals surface area contributed by atoms with Gasteiger partial charge in [-0.2, -0.15) is 5.10 Å². The van der Waals surface area contributed by atoms with E-state index in [1.54, 1.807) is 25.3 Å². The molecule has 1 atom stereocenters. The van der Waals surface area contributed by atoms with E-state index in [1.165, 1.54) is 0 Å². The third kappa shape index (κ3) is 5.42. The van der Waals surface area contributed by atoms with Gasteiger partial charge in [-0.25, -0.2) is 5.43 Å². The molecule has 0 bridgehead atoms. The molecule has 4 nitrogen and oxygen atoms in total. The van der Waals surface area contributed by atoms with Crippen molar-refractivity contribution in [3.05, 3.63) is 62.1 Å². The van der Waals surface area contributed by atoms with Crippen molar-refractivity contribution in [1.82, 2.24) is 5.43 Å². The van der Waals surface area contributed by atoms with Crippen molar-refractivity contribution in [3.63, 3.8) is 0 Å². The minimum absolute atomic E-state index is 0.301. The van der Waals surface area contributed by atoms with Crippen LogP contribution in [0.2, 0.25) is 0 Å². The number of hydrazone groups is 1. The number of hydrogen-bond acceptors (Lipinski definition) is 3. The predicted octanol–water partition coefficient (Wildman–Crippen LogP) is 3.97. The number of amides is 1. The first-order chi connectivity index (χ1) is 10.5. The van der Waals surface area contributed by atoms with Gasteiger partial charge in [-0.3, -0.25) is 4.79 Å². The highest BCUT2D eigenvalue weighted by Gasteiger charge is 2.13. The molecule has 2 aromatic carbocycles. The van der Waals surface area contributed by atoms with Crippen LogP contribution >= 0.6 is 38.5 Å². The van der Waals surface area contributed by atoms with Crippen molar-refractivity contribution >= 4 is 50.6 Å². The van der Waals surface area contributed by atoms with Crippen molar-refractivity contribution in [2.24, 2.45) is 5.10 Å². The Balaban J connectivity index is 1.87. The molecule has 2 rings (SSSR count). The van der Waals surface area contributed by atoms with Gasteiger partial charge >= 0.3 is 0 Å². The molecule has 0 saturated heterocycles. The van der Waals surface area contributed by atoms with Gasteiger partial charge in [0, 0.05) is 8.04 Å². The van der Waals surface area contributed by atoms with E-state index in [2.05, 4.69) is 49.0 Å². The van der Waals surface area contributed by atoms with Gasteiger partial charge in [0.1, 0.15) is 5.75 Å². The van der Waals surface area contributed by atoms with Crippen molar-refractivity contribution in [1.29, 1.82) is 0 Å². The molecule has 0 saturated carbocycles. The number of carbonyl (C=O) groups excluding carboxylic acids is 1.